The quantitative estimate of drug-likeness (QED) is 0.573. The number of fused-ring (bicyclic) bond motifs is 5. The van der Waals surface area contributed by atoms with Crippen LogP contribution in [0.2, 0.25) is 0 Å². The Kier molecular flexibility index (Phi) is 4.41. The molecule has 0 aromatic heterocycles. The smallest absolute Gasteiger partial charge is 0.233 e. The molecule has 1 aromatic carbocycles. The van der Waals surface area contributed by atoms with Gasteiger partial charge in [0.1, 0.15) is 5.82 Å². The van der Waals surface area contributed by atoms with Gasteiger partial charge in [0, 0.05) is 44.8 Å². The van der Waals surface area contributed by atoms with Crippen molar-refractivity contribution >= 4 is 23.4 Å². The van der Waals surface area contributed by atoms with Crippen LogP contribution < -0.4 is 4.90 Å². The molecule has 4 aliphatic rings. The Balaban J connectivity index is 1.14. The minimum atomic E-state index is -0.263. The number of halogens is 1. The van der Waals surface area contributed by atoms with Crippen LogP contribution in [0.15, 0.2) is 36.4 Å². The number of likely N-dealkylation sites (tertiary alicyclic amines) is 1. The van der Waals surface area contributed by atoms with E-state index >= 15 is 0 Å². The summed E-state index contributed by atoms with van der Waals surface area (Å²) in [5.41, 5.74) is 0.946. The molecule has 3 fully saturated rings. The fraction of sp³-hybridized carbons (Fsp3) is 0.500. The van der Waals surface area contributed by atoms with Crippen molar-refractivity contribution in [1.29, 1.82) is 0 Å². The lowest BCUT2D eigenvalue weighted by Crippen LogP contribution is -2.49. The van der Waals surface area contributed by atoms with Gasteiger partial charge in [0.25, 0.3) is 0 Å². The molecular formula is C22H24FN3O3. The second-order valence-electron chi connectivity index (χ2n) is 8.42. The first kappa shape index (κ1) is 18.3. The van der Waals surface area contributed by atoms with E-state index in [-0.39, 0.29) is 60.2 Å². The second kappa shape index (κ2) is 6.97. The molecule has 0 radical (unpaired) electrons. The molecule has 4 atom stereocenters. The predicted octanol–water partition coefficient (Wildman–Crippen LogP) is 1.67. The molecule has 5 rings (SSSR count). The Morgan fingerprint density at radius 3 is 2.10 bits per heavy atom. The van der Waals surface area contributed by atoms with Gasteiger partial charge < -0.3 is 9.80 Å². The average molecular weight is 397 g/mol. The lowest BCUT2D eigenvalue weighted by molar-refractivity contribution is -0.141. The number of carbonyl (C=O) groups excluding carboxylic acids is 3. The normalized spacial score (nSPS) is 30.4. The molecule has 29 heavy (non-hydrogen) atoms. The summed E-state index contributed by atoms with van der Waals surface area (Å²) < 4.78 is 13.1. The van der Waals surface area contributed by atoms with Gasteiger partial charge >= 0.3 is 0 Å². The zero-order chi connectivity index (χ0) is 20.1. The number of nitrogens with zero attached hydrogens (tertiary/aromatic N) is 3. The first-order valence-corrected chi connectivity index (χ1v) is 10.3. The molecule has 3 amide bonds. The minimum Gasteiger partial charge on any atom is -0.368 e. The number of amides is 3. The van der Waals surface area contributed by atoms with Gasteiger partial charge in [0.15, 0.2) is 0 Å². The van der Waals surface area contributed by atoms with Gasteiger partial charge in [-0.3, -0.25) is 19.3 Å². The van der Waals surface area contributed by atoms with Crippen LogP contribution in [-0.4, -0.2) is 60.2 Å². The van der Waals surface area contributed by atoms with Crippen LogP contribution in [0.3, 0.4) is 0 Å². The van der Waals surface area contributed by atoms with E-state index in [1.807, 2.05) is 0 Å². The first-order chi connectivity index (χ1) is 14.0. The van der Waals surface area contributed by atoms with Gasteiger partial charge in [-0.1, -0.05) is 12.2 Å². The van der Waals surface area contributed by atoms with Crippen molar-refractivity contribution in [2.45, 2.75) is 12.8 Å². The van der Waals surface area contributed by atoms with Crippen LogP contribution in [0.5, 0.6) is 0 Å². The van der Waals surface area contributed by atoms with E-state index in [9.17, 15) is 18.8 Å². The number of hydrogen-bond acceptors (Lipinski definition) is 4. The number of carbonyl (C=O) groups is 3. The Morgan fingerprint density at radius 2 is 1.52 bits per heavy atom. The number of allylic oxidation sites excluding steroid dienone is 2. The summed E-state index contributed by atoms with van der Waals surface area (Å²) in [6.45, 7) is 2.70. The van der Waals surface area contributed by atoms with Gasteiger partial charge in [-0.05, 0) is 42.5 Å². The highest BCUT2D eigenvalue weighted by Crippen LogP contribution is 2.52. The third-order valence-electron chi connectivity index (χ3n) is 6.94. The second-order valence-corrected chi connectivity index (χ2v) is 8.42. The molecule has 0 N–H and O–H groups in total. The predicted molar refractivity (Wildman–Crippen MR) is 104 cm³/mol. The molecule has 152 valence electrons. The number of anilines is 1. The van der Waals surface area contributed by atoms with Crippen molar-refractivity contribution < 1.29 is 18.8 Å². The Hall–Kier alpha value is -2.70. The average Bonchev–Trinajstić information content (AvgIpc) is 3.41. The first-order valence-electron chi connectivity index (χ1n) is 10.3. The summed E-state index contributed by atoms with van der Waals surface area (Å²) in [6.07, 6.45) is 5.24. The standard InChI is InChI=1S/C22H24FN3O3/c23-16-3-5-17(6-4-16)24-9-11-25(12-10-24)18(27)7-8-26-21(28)19-14-1-2-15(13-14)20(19)22(26)29/h1-6,14-15,19-20H,7-13H2. The molecule has 1 saturated carbocycles. The molecule has 2 aliphatic heterocycles. The van der Waals surface area contributed by atoms with Crippen molar-refractivity contribution in [2.24, 2.45) is 23.7 Å². The molecule has 2 aliphatic carbocycles. The summed E-state index contributed by atoms with van der Waals surface area (Å²) >= 11 is 0. The SMILES string of the molecule is O=C(CCN1C(=O)C2C3C=CC(C3)C2C1=O)N1CCN(c2ccc(F)cc2)CC1. The summed E-state index contributed by atoms with van der Waals surface area (Å²) in [4.78, 5) is 43.3. The fourth-order valence-electron chi connectivity index (χ4n) is 5.42. The summed E-state index contributed by atoms with van der Waals surface area (Å²) in [7, 11) is 0. The van der Waals surface area contributed by atoms with Crippen molar-refractivity contribution in [3.8, 4) is 0 Å². The highest BCUT2D eigenvalue weighted by atomic mass is 19.1. The van der Waals surface area contributed by atoms with Crippen LogP contribution in [0.1, 0.15) is 12.8 Å². The Labute approximate surface area is 168 Å². The zero-order valence-corrected chi connectivity index (χ0v) is 16.2. The summed E-state index contributed by atoms with van der Waals surface area (Å²) in [5.74, 6) is -0.484. The van der Waals surface area contributed by atoms with Gasteiger partial charge in [-0.25, -0.2) is 4.39 Å². The van der Waals surface area contributed by atoms with Crippen molar-refractivity contribution in [1.82, 2.24) is 9.80 Å². The molecule has 1 aromatic rings. The maximum atomic E-state index is 13.1. The number of rotatable bonds is 4. The maximum absolute atomic E-state index is 13.1. The van der Waals surface area contributed by atoms with Gasteiger partial charge in [-0.2, -0.15) is 0 Å². The molecule has 6 nitrogen and oxygen atoms in total. The maximum Gasteiger partial charge on any atom is 0.233 e. The van der Waals surface area contributed by atoms with Gasteiger partial charge in [0.05, 0.1) is 11.8 Å². The van der Waals surface area contributed by atoms with Crippen molar-refractivity contribution in [3.05, 3.63) is 42.2 Å². The molecule has 4 unspecified atom stereocenters. The molecule has 2 bridgehead atoms. The van der Waals surface area contributed by atoms with Gasteiger partial charge in [-0.15, -0.1) is 0 Å². The lowest BCUT2D eigenvalue weighted by atomic mass is 9.85. The third kappa shape index (κ3) is 3.03. The number of benzene rings is 1. The number of hydrogen-bond donors (Lipinski definition) is 0. The zero-order valence-electron chi connectivity index (χ0n) is 16.2. The number of imide groups is 1. The summed E-state index contributed by atoms with van der Waals surface area (Å²) in [6, 6.07) is 6.37. The Morgan fingerprint density at radius 1 is 0.931 bits per heavy atom. The van der Waals surface area contributed by atoms with Crippen LogP contribution in [-0.2, 0) is 14.4 Å². The van der Waals surface area contributed by atoms with E-state index in [4.69, 9.17) is 0 Å². The molecule has 2 heterocycles. The van der Waals surface area contributed by atoms with Gasteiger partial charge in [0.2, 0.25) is 17.7 Å². The molecule has 0 spiro atoms. The minimum absolute atomic E-state index is 0.0255. The molecule has 2 saturated heterocycles. The van der Waals surface area contributed by atoms with Crippen LogP contribution >= 0.6 is 0 Å². The monoisotopic (exact) mass is 397 g/mol. The molecule has 7 heteroatoms. The van der Waals surface area contributed by atoms with E-state index < -0.39 is 0 Å². The van der Waals surface area contributed by atoms with Crippen LogP contribution in [0, 0.1) is 29.5 Å². The topological polar surface area (TPSA) is 60.9 Å². The van der Waals surface area contributed by atoms with Crippen molar-refractivity contribution in [3.63, 3.8) is 0 Å². The Bertz CT molecular complexity index is 846. The van der Waals surface area contributed by atoms with Crippen LogP contribution in [0.25, 0.3) is 0 Å². The molecular weight excluding hydrogens is 373 g/mol. The van der Waals surface area contributed by atoms with Crippen molar-refractivity contribution in [2.75, 3.05) is 37.6 Å². The highest BCUT2D eigenvalue weighted by Gasteiger charge is 2.59. The largest absolute Gasteiger partial charge is 0.368 e. The third-order valence-corrected chi connectivity index (χ3v) is 6.94. The van der Waals surface area contributed by atoms with E-state index in [2.05, 4.69) is 17.1 Å². The van der Waals surface area contributed by atoms with E-state index in [1.165, 1.54) is 17.0 Å². The highest BCUT2D eigenvalue weighted by molar-refractivity contribution is 6.06. The van der Waals surface area contributed by atoms with E-state index in [0.29, 0.717) is 26.2 Å². The summed E-state index contributed by atoms with van der Waals surface area (Å²) in [5, 5.41) is 0. The van der Waals surface area contributed by atoms with E-state index in [1.54, 1.807) is 17.0 Å². The lowest BCUT2D eigenvalue weighted by Gasteiger charge is -2.36. The van der Waals surface area contributed by atoms with E-state index in [0.717, 1.165) is 12.1 Å². The fourth-order valence-corrected chi connectivity index (χ4v) is 5.42. The van der Waals surface area contributed by atoms with Crippen LogP contribution in [0.4, 0.5) is 10.1 Å². The number of piperazine rings is 1.